The summed E-state index contributed by atoms with van der Waals surface area (Å²) in [5.74, 6) is 1.87. The molecular weight excluding hydrogens is 234 g/mol. The van der Waals surface area contributed by atoms with Crippen LogP contribution in [0.3, 0.4) is 0 Å². The SMILES string of the molecule is CCc1nc(NC2CCOC2)c2ccsc2n1. The fourth-order valence-corrected chi connectivity index (χ4v) is 2.79. The van der Waals surface area contributed by atoms with Crippen LogP contribution in [0.25, 0.3) is 10.2 Å². The Morgan fingerprint density at radius 1 is 1.53 bits per heavy atom. The van der Waals surface area contributed by atoms with Gasteiger partial charge in [-0.15, -0.1) is 11.3 Å². The lowest BCUT2D eigenvalue weighted by Crippen LogP contribution is -2.20. The number of thiophene rings is 1. The highest BCUT2D eigenvalue weighted by molar-refractivity contribution is 7.16. The molecule has 1 aliphatic rings. The average Bonchev–Trinajstić information content (AvgIpc) is 2.98. The Balaban J connectivity index is 1.97. The Morgan fingerprint density at radius 3 is 3.24 bits per heavy atom. The number of hydrogen-bond acceptors (Lipinski definition) is 5. The van der Waals surface area contributed by atoms with Crippen molar-refractivity contribution in [3.8, 4) is 0 Å². The number of rotatable bonds is 3. The zero-order chi connectivity index (χ0) is 11.7. The molecule has 1 fully saturated rings. The highest BCUT2D eigenvalue weighted by atomic mass is 32.1. The zero-order valence-electron chi connectivity index (χ0n) is 9.77. The van der Waals surface area contributed by atoms with Crippen molar-refractivity contribution in [3.63, 3.8) is 0 Å². The van der Waals surface area contributed by atoms with Crippen LogP contribution in [0.15, 0.2) is 11.4 Å². The van der Waals surface area contributed by atoms with Crippen LogP contribution in [0.2, 0.25) is 0 Å². The summed E-state index contributed by atoms with van der Waals surface area (Å²) >= 11 is 1.67. The van der Waals surface area contributed by atoms with Gasteiger partial charge >= 0.3 is 0 Å². The van der Waals surface area contributed by atoms with Crippen LogP contribution in [0.1, 0.15) is 19.2 Å². The molecule has 3 heterocycles. The van der Waals surface area contributed by atoms with Gasteiger partial charge in [0, 0.05) is 13.0 Å². The van der Waals surface area contributed by atoms with Gasteiger partial charge in [-0.2, -0.15) is 0 Å². The second-order valence-corrected chi connectivity index (χ2v) is 5.08. The maximum atomic E-state index is 5.38. The number of fused-ring (bicyclic) bond motifs is 1. The van der Waals surface area contributed by atoms with E-state index >= 15 is 0 Å². The van der Waals surface area contributed by atoms with Gasteiger partial charge in [0.2, 0.25) is 0 Å². The third-order valence-corrected chi connectivity index (χ3v) is 3.76. The topological polar surface area (TPSA) is 47.0 Å². The maximum Gasteiger partial charge on any atom is 0.138 e. The van der Waals surface area contributed by atoms with Gasteiger partial charge in [-0.1, -0.05) is 6.92 Å². The summed E-state index contributed by atoms with van der Waals surface area (Å²) in [5, 5.41) is 6.66. The Morgan fingerprint density at radius 2 is 2.47 bits per heavy atom. The molecule has 1 aliphatic heterocycles. The molecule has 0 aliphatic carbocycles. The number of ether oxygens (including phenoxy) is 1. The van der Waals surface area contributed by atoms with Crippen LogP contribution < -0.4 is 5.32 Å². The molecule has 1 atom stereocenters. The summed E-state index contributed by atoms with van der Waals surface area (Å²) in [6.07, 6.45) is 1.92. The van der Waals surface area contributed by atoms with E-state index in [4.69, 9.17) is 4.74 Å². The maximum absolute atomic E-state index is 5.38. The molecule has 0 bridgehead atoms. The molecule has 0 spiro atoms. The van der Waals surface area contributed by atoms with Gasteiger partial charge in [0.05, 0.1) is 18.0 Å². The lowest BCUT2D eigenvalue weighted by Gasteiger charge is -2.12. The Kier molecular flexibility index (Phi) is 2.94. The summed E-state index contributed by atoms with van der Waals surface area (Å²) in [4.78, 5) is 10.2. The van der Waals surface area contributed by atoms with Gasteiger partial charge in [0.25, 0.3) is 0 Å². The van der Waals surface area contributed by atoms with Gasteiger partial charge in [0.1, 0.15) is 16.5 Å². The predicted molar refractivity (Wildman–Crippen MR) is 69.6 cm³/mol. The van der Waals surface area contributed by atoms with Crippen LogP contribution in [0.4, 0.5) is 5.82 Å². The van der Waals surface area contributed by atoms with Crippen molar-refractivity contribution in [2.75, 3.05) is 18.5 Å². The molecule has 1 saturated heterocycles. The first kappa shape index (κ1) is 10.9. The fourth-order valence-electron chi connectivity index (χ4n) is 2.01. The third-order valence-electron chi connectivity index (χ3n) is 2.96. The molecule has 17 heavy (non-hydrogen) atoms. The minimum Gasteiger partial charge on any atom is -0.379 e. The first-order valence-electron chi connectivity index (χ1n) is 5.95. The number of nitrogens with one attached hydrogen (secondary N) is 1. The molecule has 2 aromatic rings. The van der Waals surface area contributed by atoms with E-state index in [1.54, 1.807) is 11.3 Å². The first-order valence-corrected chi connectivity index (χ1v) is 6.83. The normalized spacial score (nSPS) is 19.9. The molecule has 2 aromatic heterocycles. The quantitative estimate of drug-likeness (QED) is 0.907. The van der Waals surface area contributed by atoms with Gasteiger partial charge < -0.3 is 10.1 Å². The van der Waals surface area contributed by atoms with Crippen LogP contribution in [0, 0.1) is 0 Å². The van der Waals surface area contributed by atoms with Gasteiger partial charge in [-0.25, -0.2) is 9.97 Å². The van der Waals surface area contributed by atoms with E-state index in [2.05, 4.69) is 33.7 Å². The third kappa shape index (κ3) is 2.12. The molecule has 0 amide bonds. The fraction of sp³-hybridized carbons (Fsp3) is 0.500. The molecule has 0 aromatic carbocycles. The molecule has 0 saturated carbocycles. The zero-order valence-corrected chi connectivity index (χ0v) is 10.6. The van der Waals surface area contributed by atoms with Crippen LogP contribution in [-0.4, -0.2) is 29.2 Å². The van der Waals surface area contributed by atoms with Crippen LogP contribution in [0.5, 0.6) is 0 Å². The second-order valence-electron chi connectivity index (χ2n) is 4.19. The molecule has 4 nitrogen and oxygen atoms in total. The average molecular weight is 249 g/mol. The first-order chi connectivity index (χ1) is 8.36. The van der Waals surface area contributed by atoms with E-state index in [0.717, 1.165) is 47.9 Å². The number of aryl methyl sites for hydroxylation is 1. The number of anilines is 1. The minimum absolute atomic E-state index is 0.387. The Hall–Kier alpha value is -1.20. The summed E-state index contributed by atoms with van der Waals surface area (Å²) in [6.45, 7) is 3.70. The molecule has 3 rings (SSSR count). The van der Waals surface area contributed by atoms with Crippen molar-refractivity contribution in [3.05, 3.63) is 17.3 Å². The van der Waals surface area contributed by atoms with Gasteiger partial charge in [-0.05, 0) is 17.9 Å². The van der Waals surface area contributed by atoms with E-state index in [-0.39, 0.29) is 0 Å². The summed E-state index contributed by atoms with van der Waals surface area (Å²) in [6, 6.07) is 2.47. The lowest BCUT2D eigenvalue weighted by molar-refractivity contribution is 0.195. The van der Waals surface area contributed by atoms with Crippen LogP contribution >= 0.6 is 11.3 Å². The molecule has 90 valence electrons. The minimum atomic E-state index is 0.387. The van der Waals surface area contributed by atoms with Crippen molar-refractivity contribution < 1.29 is 4.74 Å². The van der Waals surface area contributed by atoms with Crippen molar-refractivity contribution in [1.29, 1.82) is 0 Å². The number of aromatic nitrogens is 2. The van der Waals surface area contributed by atoms with Gasteiger partial charge in [0.15, 0.2) is 0 Å². The summed E-state index contributed by atoms with van der Waals surface area (Å²) in [7, 11) is 0. The number of nitrogens with zero attached hydrogens (tertiary/aromatic N) is 2. The molecule has 1 N–H and O–H groups in total. The Bertz CT molecular complexity index is 519. The highest BCUT2D eigenvalue weighted by Gasteiger charge is 2.17. The predicted octanol–water partition coefficient (Wildman–Crippen LogP) is 2.45. The van der Waals surface area contributed by atoms with Crippen molar-refractivity contribution in [2.45, 2.75) is 25.8 Å². The molecule has 5 heteroatoms. The van der Waals surface area contributed by atoms with E-state index in [1.807, 2.05) is 0 Å². The second kappa shape index (κ2) is 4.58. The summed E-state index contributed by atoms with van der Waals surface area (Å²) < 4.78 is 5.38. The standard InChI is InChI=1S/C12H15N3OS/c1-2-10-14-11(13-8-3-5-16-7-8)9-4-6-17-12(9)15-10/h4,6,8H,2-3,5,7H2,1H3,(H,13,14,15). The Labute approximate surface area is 104 Å². The molecule has 0 radical (unpaired) electrons. The lowest BCUT2D eigenvalue weighted by atomic mass is 10.2. The highest BCUT2D eigenvalue weighted by Crippen LogP contribution is 2.26. The summed E-state index contributed by atoms with van der Waals surface area (Å²) in [5.41, 5.74) is 0. The van der Waals surface area contributed by atoms with E-state index in [9.17, 15) is 0 Å². The van der Waals surface area contributed by atoms with Crippen LogP contribution in [-0.2, 0) is 11.2 Å². The van der Waals surface area contributed by atoms with Gasteiger partial charge in [-0.3, -0.25) is 0 Å². The molecule has 1 unspecified atom stereocenters. The van der Waals surface area contributed by atoms with E-state index < -0.39 is 0 Å². The van der Waals surface area contributed by atoms with Crippen molar-refractivity contribution in [2.24, 2.45) is 0 Å². The number of hydrogen-bond donors (Lipinski definition) is 1. The monoisotopic (exact) mass is 249 g/mol. The van der Waals surface area contributed by atoms with E-state index in [0.29, 0.717) is 6.04 Å². The largest absolute Gasteiger partial charge is 0.379 e. The molecular formula is C12H15N3OS. The van der Waals surface area contributed by atoms with Crippen molar-refractivity contribution >= 4 is 27.4 Å². The van der Waals surface area contributed by atoms with Crippen molar-refractivity contribution in [1.82, 2.24) is 9.97 Å². The smallest absolute Gasteiger partial charge is 0.138 e. The van der Waals surface area contributed by atoms with E-state index in [1.165, 1.54) is 0 Å².